The molecule has 0 saturated heterocycles. The van der Waals surface area contributed by atoms with Gasteiger partial charge in [-0.05, 0) is 25.1 Å². The topological polar surface area (TPSA) is 66.6 Å². The Morgan fingerprint density at radius 2 is 2.22 bits per heavy atom. The summed E-state index contributed by atoms with van der Waals surface area (Å²) in [6.45, 7) is 1.83. The lowest BCUT2D eigenvalue weighted by atomic mass is 10.1. The van der Waals surface area contributed by atoms with Crippen LogP contribution in [-0.4, -0.2) is 34.0 Å². The molecule has 0 heterocycles. The van der Waals surface area contributed by atoms with Crippen LogP contribution in [0.1, 0.15) is 23.7 Å². The van der Waals surface area contributed by atoms with Gasteiger partial charge in [0.05, 0.1) is 10.6 Å². The molecule has 0 aliphatic carbocycles. The highest BCUT2D eigenvalue weighted by Gasteiger charge is 2.20. The zero-order valence-corrected chi connectivity index (χ0v) is 11.8. The maximum absolute atomic E-state index is 12.2. The van der Waals surface area contributed by atoms with Crippen LogP contribution in [0.25, 0.3) is 0 Å². The molecule has 0 spiro atoms. The molecule has 0 bridgehead atoms. The monoisotopic (exact) mass is 286 g/mol. The van der Waals surface area contributed by atoms with Crippen LogP contribution in [0.5, 0.6) is 5.75 Å². The number of phenolic OH excluding ortho intramolecular Hbond substituents is 1. The molecule has 0 aliphatic heterocycles. The van der Waals surface area contributed by atoms with Gasteiger partial charge in [-0.1, -0.05) is 23.8 Å². The van der Waals surface area contributed by atoms with Gasteiger partial charge in [0.1, 0.15) is 5.75 Å². The fourth-order valence-electron chi connectivity index (χ4n) is 1.50. The Hall–Kier alpha value is -1.33. The van der Waals surface area contributed by atoms with E-state index < -0.39 is 0 Å². The SMILES string of the molecule is CC(CC(N)=S)N(C)C(=O)c1cc(Cl)ccc1O. The van der Waals surface area contributed by atoms with Gasteiger partial charge in [0.25, 0.3) is 5.91 Å². The van der Waals surface area contributed by atoms with Crippen LogP contribution in [0.15, 0.2) is 18.2 Å². The second-order valence-corrected chi connectivity index (χ2v) is 5.06. The van der Waals surface area contributed by atoms with Gasteiger partial charge in [0.2, 0.25) is 0 Å². The number of carbonyl (C=O) groups is 1. The third-order valence-corrected chi connectivity index (χ3v) is 3.07. The van der Waals surface area contributed by atoms with Crippen LogP contribution >= 0.6 is 23.8 Å². The number of phenols is 1. The molecule has 6 heteroatoms. The molecule has 1 aromatic carbocycles. The second-order valence-electron chi connectivity index (χ2n) is 4.10. The van der Waals surface area contributed by atoms with Crippen molar-refractivity contribution in [2.45, 2.75) is 19.4 Å². The summed E-state index contributed by atoms with van der Waals surface area (Å²) in [5.41, 5.74) is 5.61. The largest absolute Gasteiger partial charge is 0.507 e. The molecule has 18 heavy (non-hydrogen) atoms. The highest BCUT2D eigenvalue weighted by Crippen LogP contribution is 2.23. The normalized spacial score (nSPS) is 11.9. The lowest BCUT2D eigenvalue weighted by molar-refractivity contribution is 0.0745. The van der Waals surface area contributed by atoms with E-state index >= 15 is 0 Å². The zero-order valence-electron chi connectivity index (χ0n) is 10.2. The first-order valence-electron chi connectivity index (χ1n) is 5.37. The second kappa shape index (κ2) is 6.02. The molecule has 98 valence electrons. The van der Waals surface area contributed by atoms with Gasteiger partial charge < -0.3 is 15.7 Å². The molecular formula is C12H15ClN2O2S. The molecule has 1 aromatic rings. The number of nitrogens with zero attached hydrogens (tertiary/aromatic N) is 1. The predicted molar refractivity (Wildman–Crippen MR) is 76.1 cm³/mol. The summed E-state index contributed by atoms with van der Waals surface area (Å²) in [7, 11) is 1.63. The minimum absolute atomic E-state index is 0.0984. The van der Waals surface area contributed by atoms with E-state index in [9.17, 15) is 9.90 Å². The van der Waals surface area contributed by atoms with Crippen LogP contribution < -0.4 is 5.73 Å². The Morgan fingerprint density at radius 3 is 2.78 bits per heavy atom. The van der Waals surface area contributed by atoms with E-state index in [1.165, 1.54) is 23.1 Å². The molecule has 0 aromatic heterocycles. The molecule has 0 aliphatic rings. The van der Waals surface area contributed by atoms with Crippen molar-refractivity contribution in [2.75, 3.05) is 7.05 Å². The fraction of sp³-hybridized carbons (Fsp3) is 0.333. The van der Waals surface area contributed by atoms with Crippen LogP contribution in [-0.2, 0) is 0 Å². The summed E-state index contributed by atoms with van der Waals surface area (Å²) < 4.78 is 0. The maximum atomic E-state index is 12.2. The van der Waals surface area contributed by atoms with Gasteiger partial charge >= 0.3 is 0 Å². The number of carbonyl (C=O) groups excluding carboxylic acids is 1. The molecule has 0 saturated carbocycles. The van der Waals surface area contributed by atoms with E-state index in [0.717, 1.165) is 0 Å². The summed E-state index contributed by atoms with van der Waals surface area (Å²) in [5, 5.41) is 10.1. The lowest BCUT2D eigenvalue weighted by Gasteiger charge is -2.25. The standard InChI is InChI=1S/C12H15ClN2O2S/c1-7(5-11(14)18)15(2)12(17)9-6-8(13)3-4-10(9)16/h3-4,6-7,16H,5H2,1-2H3,(H2,14,18). The molecule has 4 nitrogen and oxygen atoms in total. The number of nitrogens with two attached hydrogens (primary N) is 1. The predicted octanol–water partition coefficient (Wildman–Crippen LogP) is 2.18. The Kier molecular flexibility index (Phi) is 4.93. The van der Waals surface area contributed by atoms with Gasteiger partial charge in [-0.2, -0.15) is 0 Å². The van der Waals surface area contributed by atoms with Crippen molar-refractivity contribution in [1.82, 2.24) is 4.90 Å². The first kappa shape index (κ1) is 14.7. The lowest BCUT2D eigenvalue weighted by Crippen LogP contribution is -2.37. The minimum Gasteiger partial charge on any atom is -0.507 e. The molecule has 0 fully saturated rings. The zero-order chi connectivity index (χ0) is 13.9. The van der Waals surface area contributed by atoms with E-state index in [4.69, 9.17) is 29.6 Å². The van der Waals surface area contributed by atoms with Gasteiger partial charge in [0, 0.05) is 24.5 Å². The van der Waals surface area contributed by atoms with Crippen molar-refractivity contribution in [2.24, 2.45) is 5.73 Å². The third kappa shape index (κ3) is 3.58. The van der Waals surface area contributed by atoms with Crippen LogP contribution in [0.4, 0.5) is 0 Å². The number of benzene rings is 1. The van der Waals surface area contributed by atoms with Crippen molar-refractivity contribution in [3.8, 4) is 5.75 Å². The molecular weight excluding hydrogens is 272 g/mol. The van der Waals surface area contributed by atoms with E-state index in [2.05, 4.69) is 0 Å². The molecule has 1 amide bonds. The Labute approximate surface area is 116 Å². The van der Waals surface area contributed by atoms with E-state index in [-0.39, 0.29) is 23.3 Å². The summed E-state index contributed by atoms with van der Waals surface area (Å²) >= 11 is 10.6. The van der Waals surface area contributed by atoms with Crippen LogP contribution in [0, 0.1) is 0 Å². The first-order chi connectivity index (χ1) is 8.32. The van der Waals surface area contributed by atoms with Crippen molar-refractivity contribution in [3.63, 3.8) is 0 Å². The van der Waals surface area contributed by atoms with Gasteiger partial charge in [-0.25, -0.2) is 0 Å². The summed E-state index contributed by atoms with van der Waals surface area (Å²) in [4.78, 5) is 14.0. The third-order valence-electron chi connectivity index (χ3n) is 2.67. The van der Waals surface area contributed by atoms with Gasteiger partial charge in [0.15, 0.2) is 0 Å². The number of halogens is 1. The van der Waals surface area contributed by atoms with Gasteiger partial charge in [-0.15, -0.1) is 0 Å². The van der Waals surface area contributed by atoms with Crippen molar-refractivity contribution in [3.05, 3.63) is 28.8 Å². The van der Waals surface area contributed by atoms with Crippen LogP contribution in [0.2, 0.25) is 5.02 Å². The molecule has 1 atom stereocenters. The number of aromatic hydroxyl groups is 1. The minimum atomic E-state index is -0.321. The van der Waals surface area contributed by atoms with E-state index in [0.29, 0.717) is 16.4 Å². The Balaban J connectivity index is 2.92. The average molecular weight is 287 g/mol. The number of rotatable bonds is 4. The smallest absolute Gasteiger partial charge is 0.257 e. The summed E-state index contributed by atoms with van der Waals surface area (Å²) in [5.74, 6) is -0.419. The molecule has 0 radical (unpaired) electrons. The number of thiocarbonyl (C=S) groups is 1. The fourth-order valence-corrected chi connectivity index (χ4v) is 1.91. The van der Waals surface area contributed by atoms with Crippen LogP contribution in [0.3, 0.4) is 0 Å². The maximum Gasteiger partial charge on any atom is 0.257 e. The first-order valence-corrected chi connectivity index (χ1v) is 6.15. The van der Waals surface area contributed by atoms with E-state index in [1.807, 2.05) is 6.92 Å². The Bertz CT molecular complexity index is 479. The molecule has 3 N–H and O–H groups in total. The quantitative estimate of drug-likeness (QED) is 0.833. The summed E-state index contributed by atoms with van der Waals surface area (Å²) in [6, 6.07) is 4.20. The van der Waals surface area contributed by atoms with Crippen molar-refractivity contribution in [1.29, 1.82) is 0 Å². The van der Waals surface area contributed by atoms with Gasteiger partial charge in [-0.3, -0.25) is 4.79 Å². The number of hydrogen-bond acceptors (Lipinski definition) is 3. The number of hydrogen-bond donors (Lipinski definition) is 2. The molecule has 1 unspecified atom stereocenters. The highest BCUT2D eigenvalue weighted by molar-refractivity contribution is 7.80. The van der Waals surface area contributed by atoms with Crippen molar-refractivity contribution < 1.29 is 9.90 Å². The Morgan fingerprint density at radius 1 is 1.61 bits per heavy atom. The number of amides is 1. The average Bonchev–Trinajstić information content (AvgIpc) is 2.29. The highest BCUT2D eigenvalue weighted by atomic mass is 35.5. The van der Waals surface area contributed by atoms with Crippen molar-refractivity contribution >= 4 is 34.7 Å². The summed E-state index contributed by atoms with van der Waals surface area (Å²) in [6.07, 6.45) is 0.429. The van der Waals surface area contributed by atoms with E-state index in [1.54, 1.807) is 7.05 Å². The molecule has 1 rings (SSSR count).